The highest BCUT2D eigenvalue weighted by molar-refractivity contribution is 7.16. The van der Waals surface area contributed by atoms with Crippen molar-refractivity contribution in [3.63, 3.8) is 0 Å². The zero-order valence-electron chi connectivity index (χ0n) is 10.7. The van der Waals surface area contributed by atoms with Crippen molar-refractivity contribution in [2.24, 2.45) is 0 Å². The van der Waals surface area contributed by atoms with Crippen LogP contribution in [-0.2, 0) is 5.41 Å². The van der Waals surface area contributed by atoms with Crippen LogP contribution in [0.3, 0.4) is 0 Å². The average molecular weight is 286 g/mol. The van der Waals surface area contributed by atoms with Crippen LogP contribution in [0.4, 0.5) is 18.2 Å². The molecule has 0 unspecified atom stereocenters. The monoisotopic (exact) mass is 286 g/mol. The molecule has 0 bridgehead atoms. The van der Waals surface area contributed by atoms with Crippen molar-refractivity contribution in [1.82, 2.24) is 4.98 Å². The van der Waals surface area contributed by atoms with E-state index < -0.39 is 17.5 Å². The van der Waals surface area contributed by atoms with E-state index in [9.17, 15) is 13.2 Å². The highest BCUT2D eigenvalue weighted by atomic mass is 32.1. The van der Waals surface area contributed by atoms with E-state index in [-0.39, 0.29) is 21.7 Å². The molecule has 19 heavy (non-hydrogen) atoms. The van der Waals surface area contributed by atoms with Crippen LogP contribution in [0.1, 0.15) is 25.8 Å². The average Bonchev–Trinajstić information content (AvgIpc) is 2.65. The summed E-state index contributed by atoms with van der Waals surface area (Å²) < 4.78 is 39.8. The highest BCUT2D eigenvalue weighted by Crippen LogP contribution is 2.37. The molecular weight excluding hydrogens is 273 g/mol. The van der Waals surface area contributed by atoms with E-state index in [2.05, 4.69) is 4.98 Å². The molecule has 0 aliphatic rings. The van der Waals surface area contributed by atoms with Gasteiger partial charge in [0.15, 0.2) is 11.6 Å². The number of nitrogens with zero attached hydrogens (tertiary/aromatic N) is 1. The second-order valence-electron chi connectivity index (χ2n) is 5.23. The number of benzene rings is 1. The lowest BCUT2D eigenvalue weighted by Crippen LogP contribution is -2.10. The molecule has 102 valence electrons. The molecule has 0 saturated heterocycles. The number of hydrogen-bond acceptors (Lipinski definition) is 3. The van der Waals surface area contributed by atoms with Crippen LogP contribution in [0.25, 0.3) is 11.3 Å². The number of halogens is 3. The fourth-order valence-corrected chi connectivity index (χ4v) is 2.45. The second-order valence-corrected chi connectivity index (χ2v) is 6.26. The van der Waals surface area contributed by atoms with E-state index >= 15 is 0 Å². The first-order valence-corrected chi connectivity index (χ1v) is 6.43. The molecule has 0 fully saturated rings. The number of rotatable bonds is 1. The Hall–Kier alpha value is -1.56. The molecule has 1 aromatic heterocycles. The summed E-state index contributed by atoms with van der Waals surface area (Å²) in [6.45, 7) is 5.82. The second kappa shape index (κ2) is 4.52. The molecule has 0 aliphatic heterocycles. The van der Waals surface area contributed by atoms with Gasteiger partial charge in [-0.05, 0) is 6.07 Å². The van der Waals surface area contributed by atoms with E-state index in [1.807, 2.05) is 20.8 Å². The molecule has 0 radical (unpaired) electrons. The van der Waals surface area contributed by atoms with Crippen LogP contribution in [-0.4, -0.2) is 4.98 Å². The van der Waals surface area contributed by atoms with Crippen molar-refractivity contribution in [3.8, 4) is 11.3 Å². The minimum Gasteiger partial charge on any atom is -0.389 e. The molecule has 0 amide bonds. The Balaban J connectivity index is 2.60. The minimum absolute atomic E-state index is 0.122. The maximum atomic E-state index is 13.7. The summed E-state index contributed by atoms with van der Waals surface area (Å²) in [6.07, 6.45) is 0. The van der Waals surface area contributed by atoms with Crippen LogP contribution in [0, 0.1) is 17.5 Å². The Morgan fingerprint density at radius 2 is 1.63 bits per heavy atom. The summed E-state index contributed by atoms with van der Waals surface area (Å²) >= 11 is 1.22. The molecule has 0 saturated carbocycles. The summed E-state index contributed by atoms with van der Waals surface area (Å²) in [4.78, 5) is 4.25. The van der Waals surface area contributed by atoms with Gasteiger partial charge < -0.3 is 5.73 Å². The van der Waals surface area contributed by atoms with Gasteiger partial charge in [0, 0.05) is 17.0 Å². The van der Waals surface area contributed by atoms with Gasteiger partial charge in [-0.3, -0.25) is 0 Å². The summed E-state index contributed by atoms with van der Waals surface area (Å²) in [6, 6.07) is 1.28. The Bertz CT molecular complexity index is 630. The first-order chi connectivity index (χ1) is 8.70. The maximum Gasteiger partial charge on any atom is 0.161 e. The zero-order valence-corrected chi connectivity index (χ0v) is 11.5. The standard InChI is InChI=1S/C13H13F3N2S/c1-13(2,3)12-18-10(11(17)19-12)6-4-8(15)9(16)5-7(6)14/h4-5H,17H2,1-3H3. The van der Waals surface area contributed by atoms with Crippen LogP contribution in [0.15, 0.2) is 12.1 Å². The summed E-state index contributed by atoms with van der Waals surface area (Å²) in [5.74, 6) is -3.23. The van der Waals surface area contributed by atoms with Gasteiger partial charge in [0.05, 0.1) is 0 Å². The maximum absolute atomic E-state index is 13.7. The molecule has 2 N–H and O–H groups in total. The van der Waals surface area contributed by atoms with Crippen LogP contribution >= 0.6 is 11.3 Å². The predicted molar refractivity (Wildman–Crippen MR) is 70.5 cm³/mol. The number of nitrogens with two attached hydrogens (primary N) is 1. The number of anilines is 1. The first-order valence-electron chi connectivity index (χ1n) is 5.62. The Labute approximate surface area is 113 Å². The molecule has 2 rings (SSSR count). The normalized spacial score (nSPS) is 11.9. The summed E-state index contributed by atoms with van der Waals surface area (Å²) in [5.41, 5.74) is 5.59. The lowest BCUT2D eigenvalue weighted by atomic mass is 9.98. The molecule has 6 heteroatoms. The highest BCUT2D eigenvalue weighted by Gasteiger charge is 2.23. The number of nitrogen functional groups attached to an aromatic ring is 1. The Morgan fingerprint density at radius 1 is 1.05 bits per heavy atom. The fraction of sp³-hybridized carbons (Fsp3) is 0.308. The molecule has 0 spiro atoms. The summed E-state index contributed by atoms with van der Waals surface area (Å²) in [5, 5.41) is 0.999. The quantitative estimate of drug-likeness (QED) is 0.801. The van der Waals surface area contributed by atoms with E-state index in [0.717, 1.165) is 6.07 Å². The van der Waals surface area contributed by atoms with E-state index in [0.29, 0.717) is 11.1 Å². The van der Waals surface area contributed by atoms with Crippen molar-refractivity contribution < 1.29 is 13.2 Å². The van der Waals surface area contributed by atoms with Crippen molar-refractivity contribution >= 4 is 16.3 Å². The minimum atomic E-state index is -1.23. The van der Waals surface area contributed by atoms with Gasteiger partial charge in [0.2, 0.25) is 0 Å². The van der Waals surface area contributed by atoms with E-state index in [4.69, 9.17) is 5.73 Å². The third kappa shape index (κ3) is 2.58. The van der Waals surface area contributed by atoms with Crippen molar-refractivity contribution in [1.29, 1.82) is 0 Å². The van der Waals surface area contributed by atoms with Crippen LogP contribution < -0.4 is 5.73 Å². The topological polar surface area (TPSA) is 38.9 Å². The molecule has 2 nitrogen and oxygen atoms in total. The van der Waals surface area contributed by atoms with Gasteiger partial charge in [-0.25, -0.2) is 18.2 Å². The van der Waals surface area contributed by atoms with Crippen molar-refractivity contribution in [2.75, 3.05) is 5.73 Å². The molecule has 1 heterocycles. The van der Waals surface area contributed by atoms with Crippen LogP contribution in [0.2, 0.25) is 0 Å². The number of aromatic nitrogens is 1. The van der Waals surface area contributed by atoms with Crippen molar-refractivity contribution in [2.45, 2.75) is 26.2 Å². The van der Waals surface area contributed by atoms with Gasteiger partial charge in [0.25, 0.3) is 0 Å². The lowest BCUT2D eigenvalue weighted by Gasteiger charge is -2.13. The number of hydrogen-bond donors (Lipinski definition) is 1. The molecule has 1 aromatic carbocycles. The molecule has 2 aromatic rings. The van der Waals surface area contributed by atoms with E-state index in [1.54, 1.807) is 0 Å². The van der Waals surface area contributed by atoms with Gasteiger partial charge >= 0.3 is 0 Å². The first kappa shape index (κ1) is 13.9. The molecular formula is C13H13F3N2S. The lowest BCUT2D eigenvalue weighted by molar-refractivity contribution is 0.496. The fourth-order valence-electron chi connectivity index (χ4n) is 1.55. The third-order valence-electron chi connectivity index (χ3n) is 2.56. The molecule has 0 atom stereocenters. The zero-order chi connectivity index (χ0) is 14.4. The third-order valence-corrected chi connectivity index (χ3v) is 3.87. The van der Waals surface area contributed by atoms with Gasteiger partial charge in [-0.2, -0.15) is 0 Å². The summed E-state index contributed by atoms with van der Waals surface area (Å²) in [7, 11) is 0. The van der Waals surface area contributed by atoms with Gasteiger partial charge in [-0.15, -0.1) is 11.3 Å². The predicted octanol–water partition coefficient (Wildman–Crippen LogP) is 4.11. The SMILES string of the molecule is CC(C)(C)c1nc(-c2cc(F)c(F)cc2F)c(N)s1. The smallest absolute Gasteiger partial charge is 0.161 e. The Morgan fingerprint density at radius 3 is 2.16 bits per heavy atom. The number of thiazole rings is 1. The van der Waals surface area contributed by atoms with Gasteiger partial charge in [0.1, 0.15) is 21.5 Å². The van der Waals surface area contributed by atoms with Crippen molar-refractivity contribution in [3.05, 3.63) is 34.6 Å². The van der Waals surface area contributed by atoms with Crippen LogP contribution in [0.5, 0.6) is 0 Å². The Kier molecular flexibility index (Phi) is 3.30. The van der Waals surface area contributed by atoms with E-state index in [1.165, 1.54) is 11.3 Å². The largest absolute Gasteiger partial charge is 0.389 e. The molecule has 0 aliphatic carbocycles. The van der Waals surface area contributed by atoms with Gasteiger partial charge in [-0.1, -0.05) is 20.8 Å².